The van der Waals surface area contributed by atoms with E-state index in [4.69, 9.17) is 9.72 Å². The Labute approximate surface area is 340 Å². The van der Waals surface area contributed by atoms with E-state index < -0.39 is 27.1 Å². The lowest BCUT2D eigenvalue weighted by Crippen LogP contribution is -2.75. The largest absolute Gasteiger partial charge is 0.457 e. The molecule has 7 aromatic carbocycles. The van der Waals surface area contributed by atoms with Crippen molar-refractivity contribution >= 4 is 75.7 Å². The standard InChI is InChI=1S/C50H47N3OSi3/c1-34(2)55-50(56-35(3)4)40-25-11-16-31-46(40)54-48-41(50)26-18-32-47(48)57(37-20-7-5-8-21-37,38-22-9-6-10-23-38)39-24-17-19-36(33-39)52-44-29-14-15-30-45(44)53-43-28-13-12-27-42(43)51-49(52)53/h5-35H,55-56H2,1-4H3. The second kappa shape index (κ2) is 14.0. The fourth-order valence-electron chi connectivity index (χ4n) is 10.3. The molecule has 280 valence electrons. The molecule has 1 aliphatic rings. The van der Waals surface area contributed by atoms with Gasteiger partial charge in [-0.1, -0.05) is 172 Å². The van der Waals surface area contributed by atoms with Crippen LogP contribution in [0.1, 0.15) is 38.8 Å². The number of imidazole rings is 2. The molecule has 1 aliphatic heterocycles. The zero-order chi connectivity index (χ0) is 38.7. The maximum Gasteiger partial charge on any atom is 0.220 e. The summed E-state index contributed by atoms with van der Waals surface area (Å²) < 4.78 is 12.2. The number of benzene rings is 7. The van der Waals surface area contributed by atoms with E-state index in [-0.39, 0.29) is 4.66 Å². The Morgan fingerprint density at radius 2 is 1.11 bits per heavy atom. The van der Waals surface area contributed by atoms with Gasteiger partial charge in [-0.25, -0.2) is 4.98 Å². The van der Waals surface area contributed by atoms with Gasteiger partial charge >= 0.3 is 0 Å². The van der Waals surface area contributed by atoms with Gasteiger partial charge in [-0.15, -0.1) is 0 Å². The van der Waals surface area contributed by atoms with Crippen molar-refractivity contribution in [3.8, 4) is 17.2 Å². The number of aromatic nitrogens is 3. The van der Waals surface area contributed by atoms with Crippen molar-refractivity contribution in [2.75, 3.05) is 0 Å². The number of rotatable bonds is 9. The van der Waals surface area contributed by atoms with E-state index in [0.717, 1.165) is 45.0 Å². The lowest BCUT2D eigenvalue weighted by atomic mass is 9.98. The van der Waals surface area contributed by atoms with Gasteiger partial charge in [0.25, 0.3) is 0 Å². The van der Waals surface area contributed by atoms with Gasteiger partial charge in [-0.05, 0) is 74.3 Å². The minimum atomic E-state index is -3.09. The van der Waals surface area contributed by atoms with Gasteiger partial charge < -0.3 is 4.74 Å². The number of fused-ring (bicyclic) bond motifs is 7. The molecule has 0 unspecified atom stereocenters. The van der Waals surface area contributed by atoms with Crippen LogP contribution in [-0.4, -0.2) is 41.1 Å². The van der Waals surface area contributed by atoms with E-state index in [9.17, 15) is 0 Å². The SMILES string of the molecule is CC(C)[SiH2]C1([SiH2]C(C)C)c2ccccc2Oc2c1cccc2[Si](c1ccccc1)(c1ccccc1)c1cccc(-n2c3ccccc3n3c4ccccc4nc23)c1. The molecule has 0 saturated heterocycles. The summed E-state index contributed by atoms with van der Waals surface area (Å²) in [5, 5.41) is 5.31. The van der Waals surface area contributed by atoms with E-state index >= 15 is 0 Å². The Bertz CT molecular complexity index is 2870. The van der Waals surface area contributed by atoms with Gasteiger partial charge in [0, 0.05) is 29.4 Å². The molecular formula is C50H47N3OSi3. The predicted molar refractivity (Wildman–Crippen MR) is 248 cm³/mol. The first-order valence-corrected chi connectivity index (χ1v) is 25.4. The van der Waals surface area contributed by atoms with Crippen molar-refractivity contribution in [1.82, 2.24) is 14.0 Å². The summed E-state index contributed by atoms with van der Waals surface area (Å²) in [6, 6.07) is 65.4. The molecule has 0 aliphatic carbocycles. The molecule has 10 rings (SSSR count). The predicted octanol–water partition coefficient (Wildman–Crippen LogP) is 8.11. The van der Waals surface area contributed by atoms with Crippen LogP contribution in [0.3, 0.4) is 0 Å². The Balaban J connectivity index is 1.31. The highest BCUT2D eigenvalue weighted by molar-refractivity contribution is 7.20. The van der Waals surface area contributed by atoms with E-state index in [1.807, 2.05) is 0 Å². The molecule has 7 heteroatoms. The Morgan fingerprint density at radius 1 is 0.544 bits per heavy atom. The van der Waals surface area contributed by atoms with Gasteiger partial charge in [-0.2, -0.15) is 0 Å². The maximum atomic E-state index is 7.41. The summed E-state index contributed by atoms with van der Waals surface area (Å²) in [5.74, 6) is 3.06. The lowest BCUT2D eigenvalue weighted by Gasteiger charge is -2.45. The monoisotopic (exact) mass is 789 g/mol. The quantitative estimate of drug-likeness (QED) is 0.109. The first-order valence-electron chi connectivity index (χ1n) is 20.4. The maximum absolute atomic E-state index is 7.41. The van der Waals surface area contributed by atoms with Crippen LogP contribution >= 0.6 is 0 Å². The van der Waals surface area contributed by atoms with Gasteiger partial charge in [0.05, 0.1) is 22.1 Å². The van der Waals surface area contributed by atoms with Crippen LogP contribution in [0.4, 0.5) is 0 Å². The smallest absolute Gasteiger partial charge is 0.220 e. The Kier molecular flexibility index (Phi) is 8.77. The van der Waals surface area contributed by atoms with Crippen LogP contribution in [0.2, 0.25) is 11.1 Å². The minimum Gasteiger partial charge on any atom is -0.457 e. The van der Waals surface area contributed by atoms with Crippen LogP contribution in [0, 0.1) is 0 Å². The van der Waals surface area contributed by atoms with Crippen molar-refractivity contribution in [2.45, 2.75) is 43.4 Å². The lowest BCUT2D eigenvalue weighted by molar-refractivity contribution is 0.454. The highest BCUT2D eigenvalue weighted by Gasteiger charge is 2.49. The molecule has 0 bridgehead atoms. The molecule has 4 nitrogen and oxygen atoms in total. The number of hydrogen-bond acceptors (Lipinski definition) is 2. The summed E-state index contributed by atoms with van der Waals surface area (Å²) >= 11 is 0. The fourth-order valence-corrected chi connectivity index (χ4v) is 24.1. The third kappa shape index (κ3) is 5.55. The summed E-state index contributed by atoms with van der Waals surface area (Å²) in [4.78, 5) is 5.26. The van der Waals surface area contributed by atoms with Crippen LogP contribution in [-0.2, 0) is 4.66 Å². The summed E-state index contributed by atoms with van der Waals surface area (Å²) in [5.41, 5.74) is 9.67. The highest BCUT2D eigenvalue weighted by atomic mass is 28.3. The van der Waals surface area contributed by atoms with Crippen molar-refractivity contribution in [2.24, 2.45) is 0 Å². The first-order chi connectivity index (χ1) is 27.9. The fraction of sp³-hybridized carbons (Fsp3) is 0.140. The third-order valence-electron chi connectivity index (χ3n) is 12.1. The summed E-state index contributed by atoms with van der Waals surface area (Å²) in [7, 11) is -4.32. The van der Waals surface area contributed by atoms with Crippen molar-refractivity contribution in [1.29, 1.82) is 0 Å². The van der Waals surface area contributed by atoms with Crippen LogP contribution < -0.4 is 25.5 Å². The molecule has 0 spiro atoms. The van der Waals surface area contributed by atoms with Gasteiger partial charge in [0.1, 0.15) is 11.5 Å². The average Bonchev–Trinajstić information content (AvgIpc) is 3.77. The second-order valence-corrected chi connectivity index (χ2v) is 27.9. The molecular weight excluding hydrogens is 743 g/mol. The second-order valence-electron chi connectivity index (χ2n) is 16.7. The molecule has 0 radical (unpaired) electrons. The molecule has 0 atom stereocenters. The molecule has 0 amide bonds. The van der Waals surface area contributed by atoms with E-state index in [1.165, 1.54) is 31.9 Å². The number of para-hydroxylation sites is 6. The first kappa shape index (κ1) is 35.7. The van der Waals surface area contributed by atoms with Crippen molar-refractivity contribution in [3.05, 3.63) is 187 Å². The zero-order valence-corrected chi connectivity index (χ0v) is 36.9. The van der Waals surface area contributed by atoms with Gasteiger partial charge in [0.15, 0.2) is 8.07 Å². The topological polar surface area (TPSA) is 31.5 Å². The molecule has 2 aromatic heterocycles. The van der Waals surface area contributed by atoms with Crippen LogP contribution in [0.25, 0.3) is 33.5 Å². The van der Waals surface area contributed by atoms with Gasteiger partial charge in [-0.3, -0.25) is 8.97 Å². The van der Waals surface area contributed by atoms with Gasteiger partial charge in [0.2, 0.25) is 5.78 Å². The molecule has 9 aromatic rings. The highest BCUT2D eigenvalue weighted by Crippen LogP contribution is 2.49. The Hall–Kier alpha value is -5.74. The molecule has 0 saturated carbocycles. The van der Waals surface area contributed by atoms with Crippen LogP contribution in [0.15, 0.2) is 176 Å². The van der Waals surface area contributed by atoms with E-state index in [1.54, 1.807) is 0 Å². The average molecular weight is 790 g/mol. The number of ether oxygens (including phenoxy) is 1. The van der Waals surface area contributed by atoms with Crippen molar-refractivity contribution in [3.63, 3.8) is 0 Å². The summed E-state index contributed by atoms with van der Waals surface area (Å²) in [6.45, 7) is 9.81. The molecule has 3 heterocycles. The number of nitrogens with zero attached hydrogens (tertiary/aromatic N) is 3. The normalized spacial score (nSPS) is 15.8. The van der Waals surface area contributed by atoms with E-state index in [0.29, 0.717) is 11.1 Å². The molecule has 0 fully saturated rings. The Morgan fingerprint density at radius 3 is 1.81 bits per heavy atom. The van der Waals surface area contributed by atoms with Crippen LogP contribution in [0.5, 0.6) is 11.5 Å². The third-order valence-corrected chi connectivity index (χ3v) is 23.2. The van der Waals surface area contributed by atoms with E-state index in [2.05, 4.69) is 213 Å². The zero-order valence-electron chi connectivity index (χ0n) is 33.1. The minimum absolute atomic E-state index is 0.0796. The molecule has 0 N–H and O–H groups in total. The van der Waals surface area contributed by atoms with Crippen molar-refractivity contribution < 1.29 is 4.74 Å². The summed E-state index contributed by atoms with van der Waals surface area (Å²) in [6.07, 6.45) is 0. The number of hydrogen-bond donors (Lipinski definition) is 0. The molecule has 57 heavy (non-hydrogen) atoms.